The van der Waals surface area contributed by atoms with Gasteiger partial charge in [0.15, 0.2) is 17.7 Å². The highest BCUT2D eigenvalue weighted by molar-refractivity contribution is 5.97. The summed E-state index contributed by atoms with van der Waals surface area (Å²) in [5.41, 5.74) is 1.18. The van der Waals surface area contributed by atoms with Crippen LogP contribution < -0.4 is 0 Å². The average molecular weight is 372 g/mol. The molecule has 3 aromatic rings. The minimum Gasteiger partial charge on any atom is -0.454 e. The summed E-state index contributed by atoms with van der Waals surface area (Å²) in [6.07, 6.45) is -1.11. The molecule has 0 amide bonds. The fraction of sp³-hybridized carbons (Fsp3) is 0.250. The molecule has 3 rings (SSSR count). The molecule has 5 nitrogen and oxygen atoms in total. The quantitative estimate of drug-likeness (QED) is 0.446. The van der Waals surface area contributed by atoms with E-state index in [-0.39, 0.29) is 30.0 Å². The topological polar surface area (TPSA) is 61.2 Å². The van der Waals surface area contributed by atoms with Gasteiger partial charge in [-0.25, -0.2) is 4.98 Å². The highest BCUT2D eigenvalue weighted by atomic mass is 19.3. The van der Waals surface area contributed by atoms with E-state index in [9.17, 15) is 18.4 Å². The lowest BCUT2D eigenvalue weighted by molar-refractivity contribution is -0.149. The summed E-state index contributed by atoms with van der Waals surface area (Å²) in [6, 6.07) is 15.1. The number of rotatable bonds is 7. The Balaban J connectivity index is 1.67. The zero-order chi connectivity index (χ0) is 19.4. The Morgan fingerprint density at radius 1 is 1.04 bits per heavy atom. The molecule has 0 aliphatic rings. The summed E-state index contributed by atoms with van der Waals surface area (Å²) in [4.78, 5) is 28.3. The number of esters is 1. The van der Waals surface area contributed by atoms with Gasteiger partial charge in [-0.1, -0.05) is 42.5 Å². The molecule has 0 N–H and O–H groups in total. The maximum Gasteiger partial charge on any atom is 0.320 e. The number of aromatic nitrogens is 2. The minimum absolute atomic E-state index is 0.0131. The van der Waals surface area contributed by atoms with Gasteiger partial charge in [0.2, 0.25) is 0 Å². The molecule has 0 bridgehead atoms. The van der Waals surface area contributed by atoms with Crippen LogP contribution in [0.1, 0.15) is 48.6 Å². The van der Waals surface area contributed by atoms with Crippen molar-refractivity contribution in [2.24, 2.45) is 0 Å². The highest BCUT2D eigenvalue weighted by Gasteiger charge is 2.24. The van der Waals surface area contributed by atoms with Crippen LogP contribution in [0.2, 0.25) is 0 Å². The van der Waals surface area contributed by atoms with Gasteiger partial charge in [0.1, 0.15) is 0 Å². The van der Waals surface area contributed by atoms with Crippen molar-refractivity contribution in [2.75, 3.05) is 0 Å². The van der Waals surface area contributed by atoms with E-state index in [2.05, 4.69) is 4.98 Å². The monoisotopic (exact) mass is 372 g/mol. The molecule has 1 heterocycles. The van der Waals surface area contributed by atoms with E-state index in [0.717, 1.165) is 4.57 Å². The summed E-state index contributed by atoms with van der Waals surface area (Å²) < 4.78 is 32.9. The maximum atomic E-state index is 13.5. The van der Waals surface area contributed by atoms with E-state index in [1.54, 1.807) is 48.5 Å². The first-order chi connectivity index (χ1) is 13.0. The van der Waals surface area contributed by atoms with Gasteiger partial charge < -0.3 is 4.74 Å². The van der Waals surface area contributed by atoms with Crippen LogP contribution in [0.3, 0.4) is 0 Å². The normalized spacial score (nSPS) is 12.3. The van der Waals surface area contributed by atoms with E-state index < -0.39 is 18.6 Å². The van der Waals surface area contributed by atoms with Gasteiger partial charge in [0.05, 0.1) is 17.5 Å². The number of hydrogen-bond acceptors (Lipinski definition) is 4. The van der Waals surface area contributed by atoms with E-state index >= 15 is 0 Å². The largest absolute Gasteiger partial charge is 0.454 e. The highest BCUT2D eigenvalue weighted by Crippen LogP contribution is 2.28. The van der Waals surface area contributed by atoms with Gasteiger partial charge in [0, 0.05) is 12.0 Å². The van der Waals surface area contributed by atoms with Crippen molar-refractivity contribution in [1.29, 1.82) is 0 Å². The zero-order valence-electron chi connectivity index (χ0n) is 14.6. The van der Waals surface area contributed by atoms with Crippen molar-refractivity contribution < 1.29 is 23.1 Å². The molecule has 0 aliphatic heterocycles. The van der Waals surface area contributed by atoms with Crippen LogP contribution in [-0.4, -0.2) is 21.3 Å². The van der Waals surface area contributed by atoms with E-state index in [1.165, 1.54) is 13.0 Å². The van der Waals surface area contributed by atoms with Crippen LogP contribution in [0.4, 0.5) is 8.78 Å². The fourth-order valence-electron chi connectivity index (χ4n) is 2.85. The standard InChI is InChI=1S/C20H18F2N2O3/c1-13(19-23-15-9-5-6-10-16(15)24(19)20(21)22)27-18(26)12-11-17(25)14-7-3-2-4-8-14/h2-10,13,20H,11-12H2,1H3. The molecule has 7 heteroatoms. The predicted octanol–water partition coefficient (Wildman–Crippen LogP) is 4.70. The van der Waals surface area contributed by atoms with Crippen LogP contribution in [-0.2, 0) is 9.53 Å². The van der Waals surface area contributed by atoms with Gasteiger partial charge in [-0.05, 0) is 19.1 Å². The van der Waals surface area contributed by atoms with Crippen LogP contribution in [0, 0.1) is 0 Å². The molecule has 1 aromatic heterocycles. The molecular formula is C20H18F2N2O3. The lowest BCUT2D eigenvalue weighted by Gasteiger charge is -2.15. The third-order valence-electron chi connectivity index (χ3n) is 4.14. The number of halogens is 2. The first-order valence-corrected chi connectivity index (χ1v) is 8.50. The number of ketones is 1. The molecule has 0 radical (unpaired) electrons. The van der Waals surface area contributed by atoms with E-state index in [1.807, 2.05) is 0 Å². The van der Waals surface area contributed by atoms with Gasteiger partial charge in [-0.15, -0.1) is 0 Å². The van der Waals surface area contributed by atoms with Crippen molar-refractivity contribution in [3.05, 3.63) is 66.0 Å². The summed E-state index contributed by atoms with van der Waals surface area (Å²) in [7, 11) is 0. The Kier molecular flexibility index (Phi) is 5.59. The van der Waals surface area contributed by atoms with Crippen LogP contribution in [0.25, 0.3) is 11.0 Å². The number of alkyl halides is 2. The molecule has 140 valence electrons. The summed E-state index contributed by atoms with van der Waals surface area (Å²) in [5.74, 6) is -0.853. The van der Waals surface area contributed by atoms with E-state index in [0.29, 0.717) is 11.1 Å². The molecule has 0 saturated carbocycles. The van der Waals surface area contributed by atoms with Gasteiger partial charge in [-0.3, -0.25) is 14.2 Å². The Morgan fingerprint density at radius 3 is 2.41 bits per heavy atom. The summed E-state index contributed by atoms with van der Waals surface area (Å²) >= 11 is 0. The van der Waals surface area contributed by atoms with Crippen molar-refractivity contribution in [1.82, 2.24) is 9.55 Å². The Labute approximate surface area is 154 Å². The number of para-hydroxylation sites is 2. The molecule has 0 saturated heterocycles. The lowest BCUT2D eigenvalue weighted by Crippen LogP contribution is -2.15. The average Bonchev–Trinajstić information content (AvgIpc) is 3.07. The zero-order valence-corrected chi connectivity index (χ0v) is 14.6. The van der Waals surface area contributed by atoms with Crippen molar-refractivity contribution in [2.45, 2.75) is 32.4 Å². The van der Waals surface area contributed by atoms with Crippen molar-refractivity contribution >= 4 is 22.8 Å². The smallest absolute Gasteiger partial charge is 0.320 e. The Hall–Kier alpha value is -3.09. The molecule has 1 atom stereocenters. The number of fused-ring (bicyclic) bond motifs is 1. The second-order valence-electron chi connectivity index (χ2n) is 6.03. The van der Waals surface area contributed by atoms with E-state index in [4.69, 9.17) is 4.74 Å². The van der Waals surface area contributed by atoms with Crippen molar-refractivity contribution in [3.63, 3.8) is 0 Å². The second-order valence-corrected chi connectivity index (χ2v) is 6.03. The third kappa shape index (κ3) is 4.19. The van der Waals surface area contributed by atoms with Crippen molar-refractivity contribution in [3.8, 4) is 0 Å². The van der Waals surface area contributed by atoms with Crippen LogP contribution >= 0.6 is 0 Å². The Bertz CT molecular complexity index is 954. The molecule has 27 heavy (non-hydrogen) atoms. The Morgan fingerprint density at radius 2 is 1.70 bits per heavy atom. The predicted molar refractivity (Wildman–Crippen MR) is 95.5 cm³/mol. The first-order valence-electron chi connectivity index (χ1n) is 8.50. The molecule has 2 aromatic carbocycles. The summed E-state index contributed by atoms with van der Waals surface area (Å²) in [5, 5.41) is 0. The van der Waals surface area contributed by atoms with Gasteiger partial charge in [-0.2, -0.15) is 8.78 Å². The maximum absolute atomic E-state index is 13.5. The molecule has 1 unspecified atom stereocenters. The SMILES string of the molecule is CC(OC(=O)CCC(=O)c1ccccc1)c1nc2ccccc2n1C(F)F. The molecule has 0 spiro atoms. The number of hydrogen-bond donors (Lipinski definition) is 0. The number of ether oxygens (including phenoxy) is 1. The second kappa shape index (κ2) is 8.07. The van der Waals surface area contributed by atoms with Gasteiger partial charge >= 0.3 is 12.5 Å². The van der Waals surface area contributed by atoms with Gasteiger partial charge in [0.25, 0.3) is 0 Å². The molecule has 0 fully saturated rings. The number of Topliss-reactive ketones (excluding diaryl/α,β-unsaturated/α-hetero) is 1. The molecule has 0 aliphatic carbocycles. The number of carbonyl (C=O) groups excluding carboxylic acids is 2. The fourth-order valence-corrected chi connectivity index (χ4v) is 2.85. The number of carbonyl (C=O) groups is 2. The van der Waals surface area contributed by atoms with Crippen LogP contribution in [0.5, 0.6) is 0 Å². The summed E-state index contributed by atoms with van der Waals surface area (Å²) in [6.45, 7) is -1.33. The number of benzene rings is 2. The number of nitrogens with zero attached hydrogens (tertiary/aromatic N) is 2. The minimum atomic E-state index is -2.81. The first kappa shape index (κ1) is 18.7. The lowest BCUT2D eigenvalue weighted by atomic mass is 10.1. The third-order valence-corrected chi connectivity index (χ3v) is 4.14. The number of imidazole rings is 1. The van der Waals surface area contributed by atoms with Crippen LogP contribution in [0.15, 0.2) is 54.6 Å². The molecular weight excluding hydrogens is 354 g/mol.